The lowest BCUT2D eigenvalue weighted by Crippen LogP contribution is -2.38. The molecule has 0 aliphatic heterocycles. The summed E-state index contributed by atoms with van der Waals surface area (Å²) in [6.45, 7) is 3.97. The third kappa shape index (κ3) is 2.59. The molecule has 0 aliphatic carbocycles. The van der Waals surface area contributed by atoms with Gasteiger partial charge in [-0.2, -0.15) is 0 Å². The highest BCUT2D eigenvalue weighted by Gasteiger charge is 2.05. The zero-order chi connectivity index (χ0) is 11.4. The van der Waals surface area contributed by atoms with Crippen LogP contribution in [-0.2, 0) is 13.6 Å². The Kier molecular flexibility index (Phi) is 3.91. The molecule has 0 N–H and O–H groups in total. The summed E-state index contributed by atoms with van der Waals surface area (Å²) >= 11 is 5.69. The van der Waals surface area contributed by atoms with E-state index in [1.807, 2.05) is 0 Å². The first-order chi connectivity index (χ1) is 7.07. The minimum Gasteiger partial charge on any atom is -0.287 e. The van der Waals surface area contributed by atoms with Gasteiger partial charge in [0.2, 0.25) is 0 Å². The molecule has 0 amide bonds. The second-order valence-corrected chi connectivity index (χ2v) is 3.62. The molecule has 0 bridgehead atoms. The number of allylic oxidation sites excluding steroid dienone is 1. The zero-order valence-electron chi connectivity index (χ0n) is 8.57. The highest BCUT2D eigenvalue weighted by atomic mass is 35.5. The monoisotopic (exact) mass is 228 g/mol. The molecular weight excluding hydrogens is 216 g/mol. The largest absolute Gasteiger partial charge is 0.331 e. The lowest BCUT2D eigenvalue weighted by molar-refractivity contribution is 0.567. The van der Waals surface area contributed by atoms with Crippen molar-refractivity contribution in [2.24, 2.45) is 7.05 Å². The van der Waals surface area contributed by atoms with Gasteiger partial charge in [0.15, 0.2) is 0 Å². The molecule has 0 saturated heterocycles. The SMILES string of the molecule is C=CCCCn1c(=O)cc(Cl)n(C)c1=O. The highest BCUT2D eigenvalue weighted by molar-refractivity contribution is 6.29. The van der Waals surface area contributed by atoms with Gasteiger partial charge < -0.3 is 0 Å². The van der Waals surface area contributed by atoms with E-state index in [0.29, 0.717) is 6.54 Å². The molecule has 1 aromatic heterocycles. The summed E-state index contributed by atoms with van der Waals surface area (Å²) in [5, 5.41) is 0.157. The number of halogens is 1. The summed E-state index contributed by atoms with van der Waals surface area (Å²) in [6, 6.07) is 1.25. The average molecular weight is 229 g/mol. The summed E-state index contributed by atoms with van der Waals surface area (Å²) in [5.74, 6) is 0. The van der Waals surface area contributed by atoms with Gasteiger partial charge >= 0.3 is 5.69 Å². The highest BCUT2D eigenvalue weighted by Crippen LogP contribution is 1.99. The number of aromatic nitrogens is 2. The molecule has 0 spiro atoms. The van der Waals surface area contributed by atoms with Crippen LogP contribution in [0, 0.1) is 0 Å². The van der Waals surface area contributed by atoms with E-state index in [1.165, 1.54) is 22.2 Å². The van der Waals surface area contributed by atoms with Crippen molar-refractivity contribution in [3.05, 3.63) is 44.7 Å². The normalized spacial score (nSPS) is 10.3. The molecule has 1 aromatic rings. The van der Waals surface area contributed by atoms with Gasteiger partial charge in [0.1, 0.15) is 5.15 Å². The second kappa shape index (κ2) is 4.98. The van der Waals surface area contributed by atoms with Gasteiger partial charge in [0.25, 0.3) is 5.56 Å². The molecule has 0 atom stereocenters. The summed E-state index contributed by atoms with van der Waals surface area (Å²) < 4.78 is 2.42. The molecule has 82 valence electrons. The number of hydrogen-bond donors (Lipinski definition) is 0. The van der Waals surface area contributed by atoms with E-state index in [0.717, 1.165) is 12.8 Å². The fraction of sp³-hybridized carbons (Fsp3) is 0.400. The Morgan fingerprint density at radius 2 is 2.20 bits per heavy atom. The van der Waals surface area contributed by atoms with Crippen molar-refractivity contribution in [3.63, 3.8) is 0 Å². The van der Waals surface area contributed by atoms with Crippen molar-refractivity contribution in [3.8, 4) is 0 Å². The molecule has 1 rings (SSSR count). The Labute approximate surface area is 92.4 Å². The smallest absolute Gasteiger partial charge is 0.287 e. The van der Waals surface area contributed by atoms with Crippen molar-refractivity contribution in [2.45, 2.75) is 19.4 Å². The molecule has 0 fully saturated rings. The zero-order valence-corrected chi connectivity index (χ0v) is 9.33. The van der Waals surface area contributed by atoms with Gasteiger partial charge in [-0.1, -0.05) is 17.7 Å². The van der Waals surface area contributed by atoms with Crippen LogP contribution in [0.1, 0.15) is 12.8 Å². The first-order valence-electron chi connectivity index (χ1n) is 4.65. The van der Waals surface area contributed by atoms with E-state index >= 15 is 0 Å². The first kappa shape index (κ1) is 11.8. The van der Waals surface area contributed by atoms with E-state index in [-0.39, 0.29) is 16.4 Å². The fourth-order valence-corrected chi connectivity index (χ4v) is 1.41. The molecule has 0 aliphatic rings. The van der Waals surface area contributed by atoms with E-state index < -0.39 is 0 Å². The third-order valence-electron chi connectivity index (χ3n) is 2.14. The van der Waals surface area contributed by atoms with Crippen LogP contribution in [0.25, 0.3) is 0 Å². The Bertz CT molecular complexity index is 473. The Balaban J connectivity index is 3.08. The predicted molar refractivity (Wildman–Crippen MR) is 60.4 cm³/mol. The van der Waals surface area contributed by atoms with Crippen LogP contribution in [0.3, 0.4) is 0 Å². The van der Waals surface area contributed by atoms with Crippen molar-refractivity contribution >= 4 is 11.6 Å². The summed E-state index contributed by atoms with van der Waals surface area (Å²) in [7, 11) is 1.54. The molecule has 5 heteroatoms. The van der Waals surface area contributed by atoms with E-state index in [1.54, 1.807) is 6.08 Å². The molecule has 0 unspecified atom stereocenters. The number of hydrogen-bond acceptors (Lipinski definition) is 2. The minimum atomic E-state index is -0.378. The first-order valence-corrected chi connectivity index (χ1v) is 5.03. The molecule has 1 heterocycles. The van der Waals surface area contributed by atoms with Crippen molar-refractivity contribution in [2.75, 3.05) is 0 Å². The van der Waals surface area contributed by atoms with E-state index in [4.69, 9.17) is 11.6 Å². The molecule has 0 saturated carbocycles. The number of nitrogens with zero attached hydrogens (tertiary/aromatic N) is 2. The van der Waals surface area contributed by atoms with Gasteiger partial charge in [-0.25, -0.2) is 4.79 Å². The van der Waals surface area contributed by atoms with Gasteiger partial charge in [-0.15, -0.1) is 6.58 Å². The van der Waals surface area contributed by atoms with Crippen molar-refractivity contribution in [1.29, 1.82) is 0 Å². The van der Waals surface area contributed by atoms with E-state index in [2.05, 4.69) is 6.58 Å². The van der Waals surface area contributed by atoms with Crippen LogP contribution in [0.5, 0.6) is 0 Å². The molecule has 0 aromatic carbocycles. The van der Waals surface area contributed by atoms with Crippen LogP contribution >= 0.6 is 11.6 Å². The quantitative estimate of drug-likeness (QED) is 0.441. The molecular formula is C10H13ClN2O2. The summed E-state index contributed by atoms with van der Waals surface area (Å²) in [4.78, 5) is 23.1. The minimum absolute atomic E-state index is 0.157. The maximum atomic E-state index is 11.6. The van der Waals surface area contributed by atoms with Crippen molar-refractivity contribution < 1.29 is 0 Å². The van der Waals surface area contributed by atoms with Gasteiger partial charge in [-0.05, 0) is 12.8 Å². The molecule has 4 nitrogen and oxygen atoms in total. The van der Waals surface area contributed by atoms with Gasteiger partial charge in [-0.3, -0.25) is 13.9 Å². The lowest BCUT2D eigenvalue weighted by atomic mass is 10.3. The fourth-order valence-electron chi connectivity index (χ4n) is 1.24. The number of unbranched alkanes of at least 4 members (excludes halogenated alkanes) is 1. The molecule has 0 radical (unpaired) electrons. The van der Waals surface area contributed by atoms with Gasteiger partial charge in [0.05, 0.1) is 0 Å². The van der Waals surface area contributed by atoms with Crippen molar-refractivity contribution in [1.82, 2.24) is 9.13 Å². The van der Waals surface area contributed by atoms with Crippen LogP contribution in [0.15, 0.2) is 28.3 Å². The Hall–Kier alpha value is -1.29. The van der Waals surface area contributed by atoms with Crippen LogP contribution in [0.4, 0.5) is 0 Å². The average Bonchev–Trinajstić information content (AvgIpc) is 2.20. The van der Waals surface area contributed by atoms with Crippen LogP contribution in [0.2, 0.25) is 5.15 Å². The maximum absolute atomic E-state index is 11.6. The maximum Gasteiger partial charge on any atom is 0.331 e. The third-order valence-corrected chi connectivity index (χ3v) is 2.50. The summed E-state index contributed by atoms with van der Waals surface area (Å²) in [5.41, 5.74) is -0.733. The van der Waals surface area contributed by atoms with Crippen LogP contribution in [-0.4, -0.2) is 9.13 Å². The standard InChI is InChI=1S/C10H13ClN2O2/c1-3-4-5-6-13-9(14)7-8(11)12(2)10(13)15/h3,7H,1,4-6H2,2H3. The predicted octanol–water partition coefficient (Wildman–Crippen LogP) is 1.17. The Morgan fingerprint density at radius 3 is 2.80 bits per heavy atom. The lowest BCUT2D eigenvalue weighted by Gasteiger charge is -2.06. The summed E-state index contributed by atoms with van der Waals surface area (Å²) in [6.07, 6.45) is 3.25. The Morgan fingerprint density at radius 1 is 1.53 bits per heavy atom. The van der Waals surface area contributed by atoms with Crippen LogP contribution < -0.4 is 11.2 Å². The topological polar surface area (TPSA) is 44.0 Å². The second-order valence-electron chi connectivity index (χ2n) is 3.23. The molecule has 15 heavy (non-hydrogen) atoms. The van der Waals surface area contributed by atoms with Gasteiger partial charge in [0, 0.05) is 19.7 Å². The van der Waals surface area contributed by atoms with E-state index in [9.17, 15) is 9.59 Å². The number of rotatable bonds is 4.